The highest BCUT2D eigenvalue weighted by atomic mass is 16.5. The molecule has 1 rings (SSSR count). The number of rotatable bonds is 5. The topological polar surface area (TPSA) is 90.6 Å². The van der Waals surface area contributed by atoms with Gasteiger partial charge < -0.3 is 15.2 Å². The Morgan fingerprint density at radius 3 is 2.32 bits per heavy atom. The number of carbonyl (C=O) groups is 2. The van der Waals surface area contributed by atoms with Crippen molar-refractivity contribution in [3.8, 4) is 0 Å². The van der Waals surface area contributed by atoms with Gasteiger partial charge in [-0.15, -0.1) is 0 Å². The van der Waals surface area contributed by atoms with Gasteiger partial charge in [0.15, 0.2) is 0 Å². The quantitative estimate of drug-likeness (QED) is 0.642. The second-order valence-electron chi connectivity index (χ2n) is 5.15. The number of amides is 1. The summed E-state index contributed by atoms with van der Waals surface area (Å²) in [4.78, 5) is 24.1. The molecule has 0 fully saturated rings. The average Bonchev–Trinajstić information content (AvgIpc) is 2.43. The average molecular weight is 308 g/mol. The van der Waals surface area contributed by atoms with E-state index >= 15 is 0 Å². The molecule has 0 aliphatic carbocycles. The molecule has 0 saturated carbocycles. The molecule has 0 aliphatic rings. The van der Waals surface area contributed by atoms with E-state index in [9.17, 15) is 9.59 Å². The highest BCUT2D eigenvalue weighted by molar-refractivity contribution is 6.03. The van der Waals surface area contributed by atoms with Gasteiger partial charge in [-0.2, -0.15) is 0 Å². The molecule has 0 atom stereocenters. The molecule has 22 heavy (non-hydrogen) atoms. The lowest BCUT2D eigenvalue weighted by molar-refractivity contribution is 0.0526. The molecular weight excluding hydrogens is 284 g/mol. The van der Waals surface area contributed by atoms with Crippen LogP contribution < -0.4 is 11.1 Å². The highest BCUT2D eigenvalue weighted by Crippen LogP contribution is 2.34. The van der Waals surface area contributed by atoms with Gasteiger partial charge in [-0.1, -0.05) is 13.8 Å². The largest absolute Gasteiger partial charge is 0.462 e. The summed E-state index contributed by atoms with van der Waals surface area (Å²) in [6.07, 6.45) is -0.628. The Hall–Kier alpha value is -2.24. The maximum atomic E-state index is 12.3. The summed E-state index contributed by atoms with van der Waals surface area (Å²) in [6, 6.07) is 1.75. The molecular formula is C16H24N2O4. The van der Waals surface area contributed by atoms with Gasteiger partial charge in [0.05, 0.1) is 24.5 Å². The Bertz CT molecular complexity index is 568. The number of anilines is 2. The summed E-state index contributed by atoms with van der Waals surface area (Å²) < 4.78 is 10.0. The molecule has 0 radical (unpaired) electrons. The molecule has 1 aromatic rings. The van der Waals surface area contributed by atoms with Crippen LogP contribution in [0.3, 0.4) is 0 Å². The predicted molar refractivity (Wildman–Crippen MR) is 86.3 cm³/mol. The van der Waals surface area contributed by atoms with Gasteiger partial charge in [-0.05, 0) is 43.9 Å². The van der Waals surface area contributed by atoms with E-state index in [0.717, 1.165) is 5.56 Å². The van der Waals surface area contributed by atoms with E-state index in [1.807, 2.05) is 13.8 Å². The monoisotopic (exact) mass is 308 g/mol. The Kier molecular flexibility index (Phi) is 6.22. The van der Waals surface area contributed by atoms with Crippen molar-refractivity contribution in [3.05, 3.63) is 22.8 Å². The van der Waals surface area contributed by atoms with E-state index in [1.54, 1.807) is 26.8 Å². The summed E-state index contributed by atoms with van der Waals surface area (Å²) in [6.45, 7) is 9.55. The Morgan fingerprint density at radius 1 is 1.23 bits per heavy atom. The maximum Gasteiger partial charge on any atom is 0.411 e. The minimum atomic E-state index is -0.628. The summed E-state index contributed by atoms with van der Waals surface area (Å²) in [7, 11) is 0. The smallest absolute Gasteiger partial charge is 0.411 e. The van der Waals surface area contributed by atoms with Crippen molar-refractivity contribution in [2.75, 3.05) is 24.3 Å². The molecule has 3 N–H and O–H groups in total. The minimum Gasteiger partial charge on any atom is -0.462 e. The Morgan fingerprint density at radius 2 is 1.82 bits per heavy atom. The molecule has 0 spiro atoms. The molecule has 0 heterocycles. The number of benzene rings is 1. The van der Waals surface area contributed by atoms with Crippen molar-refractivity contribution in [3.63, 3.8) is 0 Å². The lowest BCUT2D eigenvalue weighted by atomic mass is 9.92. The van der Waals surface area contributed by atoms with Crippen molar-refractivity contribution >= 4 is 23.4 Å². The summed E-state index contributed by atoms with van der Waals surface area (Å²) in [5.41, 5.74) is 8.53. The van der Waals surface area contributed by atoms with E-state index < -0.39 is 12.1 Å². The van der Waals surface area contributed by atoms with Gasteiger partial charge >= 0.3 is 12.1 Å². The third-order valence-electron chi connectivity index (χ3n) is 3.26. The summed E-state index contributed by atoms with van der Waals surface area (Å²) in [5, 5.41) is 2.61. The van der Waals surface area contributed by atoms with Gasteiger partial charge in [-0.25, -0.2) is 9.59 Å². The Labute approximate surface area is 131 Å². The molecule has 1 aromatic carbocycles. The van der Waals surface area contributed by atoms with Crippen molar-refractivity contribution in [2.24, 2.45) is 0 Å². The first kappa shape index (κ1) is 17.8. The SMILES string of the molecule is CCOC(=O)Nc1c(C)c(N)cc(C(C)C)c1C(=O)OCC. The second-order valence-corrected chi connectivity index (χ2v) is 5.15. The molecule has 122 valence electrons. The first-order chi connectivity index (χ1) is 10.3. The van der Waals surface area contributed by atoms with Crippen LogP contribution in [0.2, 0.25) is 0 Å². The number of hydrogen-bond donors (Lipinski definition) is 2. The number of nitrogens with one attached hydrogen (secondary N) is 1. The molecule has 6 nitrogen and oxygen atoms in total. The number of nitrogen functional groups attached to an aromatic ring is 1. The molecule has 1 amide bonds. The zero-order chi connectivity index (χ0) is 16.9. The number of esters is 1. The number of hydrogen-bond acceptors (Lipinski definition) is 5. The lowest BCUT2D eigenvalue weighted by Crippen LogP contribution is -2.20. The lowest BCUT2D eigenvalue weighted by Gasteiger charge is -2.20. The first-order valence-corrected chi connectivity index (χ1v) is 7.37. The van der Waals surface area contributed by atoms with Crippen molar-refractivity contribution in [1.82, 2.24) is 0 Å². The molecule has 0 bridgehead atoms. The second kappa shape index (κ2) is 7.68. The van der Waals surface area contributed by atoms with E-state index in [2.05, 4.69) is 5.32 Å². The van der Waals surface area contributed by atoms with Crippen molar-refractivity contribution in [1.29, 1.82) is 0 Å². The zero-order valence-electron chi connectivity index (χ0n) is 13.8. The van der Waals surface area contributed by atoms with Crippen LogP contribution in [0.15, 0.2) is 6.07 Å². The van der Waals surface area contributed by atoms with Crippen LogP contribution in [0.5, 0.6) is 0 Å². The van der Waals surface area contributed by atoms with Gasteiger partial charge in [0, 0.05) is 5.69 Å². The third kappa shape index (κ3) is 3.90. The molecule has 0 aliphatic heterocycles. The fourth-order valence-electron chi connectivity index (χ4n) is 2.13. The maximum absolute atomic E-state index is 12.3. The number of nitrogens with two attached hydrogens (primary N) is 1. The van der Waals surface area contributed by atoms with Crippen LogP contribution in [0.4, 0.5) is 16.2 Å². The fraction of sp³-hybridized carbons (Fsp3) is 0.500. The van der Waals surface area contributed by atoms with Crippen LogP contribution in [0, 0.1) is 6.92 Å². The van der Waals surface area contributed by atoms with Gasteiger partial charge in [0.25, 0.3) is 0 Å². The van der Waals surface area contributed by atoms with E-state index in [1.165, 1.54) is 0 Å². The Balaban J connectivity index is 3.48. The fourth-order valence-corrected chi connectivity index (χ4v) is 2.13. The predicted octanol–water partition coefficient (Wildman–Crippen LogP) is 3.45. The normalized spacial score (nSPS) is 10.5. The van der Waals surface area contributed by atoms with Gasteiger partial charge in [0.1, 0.15) is 0 Å². The van der Waals surface area contributed by atoms with Crippen LogP contribution in [-0.2, 0) is 9.47 Å². The third-order valence-corrected chi connectivity index (χ3v) is 3.26. The van der Waals surface area contributed by atoms with Gasteiger partial charge in [-0.3, -0.25) is 5.32 Å². The van der Waals surface area contributed by atoms with Crippen LogP contribution in [0.25, 0.3) is 0 Å². The number of carbonyl (C=O) groups excluding carboxylic acids is 2. The molecule has 0 aromatic heterocycles. The highest BCUT2D eigenvalue weighted by Gasteiger charge is 2.24. The van der Waals surface area contributed by atoms with Crippen LogP contribution in [-0.4, -0.2) is 25.3 Å². The van der Waals surface area contributed by atoms with Crippen molar-refractivity contribution in [2.45, 2.75) is 40.5 Å². The van der Waals surface area contributed by atoms with Crippen LogP contribution >= 0.6 is 0 Å². The van der Waals surface area contributed by atoms with E-state index in [-0.39, 0.29) is 19.1 Å². The van der Waals surface area contributed by atoms with E-state index in [0.29, 0.717) is 22.5 Å². The molecule has 0 saturated heterocycles. The zero-order valence-corrected chi connectivity index (χ0v) is 13.8. The standard InChI is InChI=1S/C16H24N2O4/c1-6-21-15(19)13-11(9(3)4)8-12(17)10(5)14(13)18-16(20)22-7-2/h8-9H,6-7,17H2,1-5H3,(H,18,20). The van der Waals surface area contributed by atoms with Gasteiger partial charge in [0.2, 0.25) is 0 Å². The minimum absolute atomic E-state index is 0.0463. The first-order valence-electron chi connectivity index (χ1n) is 7.37. The summed E-state index contributed by atoms with van der Waals surface area (Å²) in [5.74, 6) is -0.439. The molecule has 0 unspecified atom stereocenters. The van der Waals surface area contributed by atoms with Crippen molar-refractivity contribution < 1.29 is 19.1 Å². The van der Waals surface area contributed by atoms with E-state index in [4.69, 9.17) is 15.2 Å². The number of ether oxygens (including phenoxy) is 2. The molecule has 6 heteroatoms. The van der Waals surface area contributed by atoms with Crippen LogP contribution in [0.1, 0.15) is 55.1 Å². The summed E-state index contributed by atoms with van der Waals surface area (Å²) >= 11 is 0.